The number of pyridine rings is 1. The minimum Gasteiger partial charge on any atom is -0.598 e. The number of carboxylic acid groups (broad SMARTS) is 1. The van der Waals surface area contributed by atoms with E-state index in [1.54, 1.807) is 30.3 Å². The Kier molecular flexibility index (Phi) is 9.18. The van der Waals surface area contributed by atoms with Crippen LogP contribution in [0.25, 0.3) is 22.1 Å². The van der Waals surface area contributed by atoms with Gasteiger partial charge in [0.1, 0.15) is 28.4 Å². The number of rotatable bonds is 11. The first-order valence-electron chi connectivity index (χ1n) is 13.2. The normalized spacial score (nSPS) is 12.7. The molecule has 7 nitrogen and oxygen atoms in total. The quantitative estimate of drug-likeness (QED) is 0.197. The number of ether oxygens (including phenoxy) is 1. The Balaban J connectivity index is 1.72. The van der Waals surface area contributed by atoms with Crippen molar-refractivity contribution in [3.8, 4) is 16.9 Å². The van der Waals surface area contributed by atoms with Crippen LogP contribution in [0.3, 0.4) is 0 Å². The molecule has 0 aliphatic heterocycles. The van der Waals surface area contributed by atoms with Gasteiger partial charge < -0.3 is 18.8 Å². The van der Waals surface area contributed by atoms with Gasteiger partial charge in [-0.15, -0.1) is 4.72 Å². The molecule has 2 N–H and O–H groups in total. The van der Waals surface area contributed by atoms with Crippen LogP contribution in [0.15, 0.2) is 59.1 Å². The van der Waals surface area contributed by atoms with Crippen LogP contribution in [-0.2, 0) is 42.1 Å². The number of furan rings is 1. The highest BCUT2D eigenvalue weighted by Crippen LogP contribution is 2.35. The van der Waals surface area contributed by atoms with Crippen molar-refractivity contribution in [2.75, 3.05) is 0 Å². The molecule has 2 heterocycles. The van der Waals surface area contributed by atoms with E-state index in [1.807, 2.05) is 39.0 Å². The number of fused-ring (bicyclic) bond motifs is 1. The Morgan fingerprint density at radius 3 is 2.62 bits per heavy atom. The van der Waals surface area contributed by atoms with Gasteiger partial charge in [-0.2, -0.15) is 0 Å². The molecule has 9 heteroatoms. The number of nitrogens with one attached hydrogen (secondary N) is 1. The summed E-state index contributed by atoms with van der Waals surface area (Å²) in [6.07, 6.45) is 2.11. The third kappa shape index (κ3) is 7.21. The first-order chi connectivity index (χ1) is 18.9. The molecule has 0 amide bonds. The Labute approximate surface area is 237 Å². The van der Waals surface area contributed by atoms with E-state index >= 15 is 4.39 Å². The van der Waals surface area contributed by atoms with Crippen LogP contribution >= 0.6 is 0 Å². The van der Waals surface area contributed by atoms with Crippen molar-refractivity contribution in [3.05, 3.63) is 83.1 Å². The second kappa shape index (κ2) is 12.4. The van der Waals surface area contributed by atoms with Crippen LogP contribution in [0.2, 0.25) is 0 Å². The molecule has 0 unspecified atom stereocenters. The molecular weight excluding hydrogens is 531 g/mol. The average molecular weight is 567 g/mol. The molecule has 0 fully saturated rings. The summed E-state index contributed by atoms with van der Waals surface area (Å²) in [7, 11) is 0. The summed E-state index contributed by atoms with van der Waals surface area (Å²) in [5.74, 6) is 0.189. The van der Waals surface area contributed by atoms with Crippen molar-refractivity contribution in [1.29, 1.82) is 0 Å². The first-order valence-corrected chi connectivity index (χ1v) is 14.3. The molecule has 40 heavy (non-hydrogen) atoms. The van der Waals surface area contributed by atoms with Gasteiger partial charge in [0, 0.05) is 46.1 Å². The van der Waals surface area contributed by atoms with Gasteiger partial charge in [0.15, 0.2) is 5.82 Å². The number of benzene rings is 2. The zero-order valence-corrected chi connectivity index (χ0v) is 24.2. The van der Waals surface area contributed by atoms with Crippen LogP contribution in [0.1, 0.15) is 57.2 Å². The van der Waals surface area contributed by atoms with Gasteiger partial charge in [0.05, 0.1) is 18.7 Å². The van der Waals surface area contributed by atoms with Gasteiger partial charge >= 0.3 is 5.97 Å². The highest BCUT2D eigenvalue weighted by atomic mass is 32.2. The van der Waals surface area contributed by atoms with E-state index in [0.717, 1.165) is 23.1 Å². The molecule has 212 valence electrons. The van der Waals surface area contributed by atoms with Crippen LogP contribution in [0.5, 0.6) is 5.75 Å². The van der Waals surface area contributed by atoms with Gasteiger partial charge in [-0.05, 0) is 62.6 Å². The lowest BCUT2D eigenvalue weighted by molar-refractivity contribution is -0.136. The van der Waals surface area contributed by atoms with Crippen molar-refractivity contribution in [3.63, 3.8) is 0 Å². The monoisotopic (exact) mass is 566 g/mol. The molecule has 0 saturated heterocycles. The molecule has 0 radical (unpaired) electrons. The molecule has 2 aromatic heterocycles. The predicted octanol–water partition coefficient (Wildman–Crippen LogP) is 6.59. The molecule has 0 bridgehead atoms. The Bertz CT molecular complexity index is 1500. The lowest BCUT2D eigenvalue weighted by Gasteiger charge is -2.23. The second-order valence-electron chi connectivity index (χ2n) is 11.2. The van der Waals surface area contributed by atoms with Gasteiger partial charge in [-0.25, -0.2) is 4.39 Å². The van der Waals surface area contributed by atoms with Gasteiger partial charge in [0.25, 0.3) is 0 Å². The molecule has 1 atom stereocenters. The van der Waals surface area contributed by atoms with Crippen molar-refractivity contribution in [2.45, 2.75) is 65.4 Å². The smallest absolute Gasteiger partial charge is 0.307 e. The molecule has 4 rings (SSSR count). The van der Waals surface area contributed by atoms with E-state index in [0.29, 0.717) is 33.9 Å². The number of hydrogen-bond acceptors (Lipinski definition) is 6. The van der Waals surface area contributed by atoms with E-state index in [-0.39, 0.29) is 25.3 Å². The highest BCUT2D eigenvalue weighted by molar-refractivity contribution is 7.90. The summed E-state index contributed by atoms with van der Waals surface area (Å²) in [5, 5.41) is 10.1. The Hall–Kier alpha value is -3.40. The number of para-hydroxylation sites is 1. The van der Waals surface area contributed by atoms with E-state index in [1.165, 1.54) is 6.20 Å². The predicted molar refractivity (Wildman–Crippen MR) is 155 cm³/mol. The third-order valence-electron chi connectivity index (χ3n) is 6.22. The van der Waals surface area contributed by atoms with Crippen molar-refractivity contribution in [1.82, 2.24) is 9.71 Å². The minimum atomic E-state index is -1.38. The molecule has 4 aromatic rings. The first kappa shape index (κ1) is 29.6. The average Bonchev–Trinajstić information content (AvgIpc) is 3.27. The van der Waals surface area contributed by atoms with Crippen LogP contribution in [-0.4, -0.2) is 25.4 Å². The fourth-order valence-electron chi connectivity index (χ4n) is 4.34. The number of aromatic nitrogens is 1. The highest BCUT2D eigenvalue weighted by Gasteiger charge is 2.27. The van der Waals surface area contributed by atoms with Crippen molar-refractivity contribution >= 4 is 28.3 Å². The standard InChI is InChI=1S/C31H35FN2O5S/c1-19(2)12-23-15-22-13-20(18-38-27-9-7-6-8-21(27)16-28(35)36)14-25(30(22)39-23)24-10-11-33-26(29(24)32)17-34-40(37)31(3,4)5/h6-11,13-15,19,34H,12,16-18H2,1-5H3,(H,35,36)/t40-/m0/s1. The SMILES string of the molecule is CC(C)Cc1cc2cc(COc3ccccc3CC(=O)O)cc(-c3ccnc(CN[S@@+]([O-])C(C)(C)C)c3F)c2o1. The molecule has 0 aliphatic rings. The lowest BCUT2D eigenvalue weighted by Crippen LogP contribution is -2.39. The summed E-state index contributed by atoms with van der Waals surface area (Å²) in [6.45, 7) is 9.88. The van der Waals surface area contributed by atoms with Crippen LogP contribution in [0, 0.1) is 11.7 Å². The number of carbonyl (C=O) groups is 1. The zero-order valence-electron chi connectivity index (χ0n) is 23.4. The van der Waals surface area contributed by atoms with Crippen LogP contribution < -0.4 is 9.46 Å². The molecular formula is C31H35FN2O5S. The number of aliphatic carboxylic acids is 1. The molecule has 0 saturated carbocycles. The van der Waals surface area contributed by atoms with E-state index in [9.17, 15) is 14.5 Å². The number of carboxylic acids is 1. The maximum Gasteiger partial charge on any atom is 0.307 e. The second-order valence-corrected chi connectivity index (χ2v) is 13.2. The molecule has 0 aliphatic carbocycles. The topological polar surface area (TPSA) is 108 Å². The third-order valence-corrected chi connectivity index (χ3v) is 7.74. The van der Waals surface area contributed by atoms with Crippen molar-refractivity contribution in [2.24, 2.45) is 5.92 Å². The van der Waals surface area contributed by atoms with E-state index < -0.39 is 27.9 Å². The summed E-state index contributed by atoms with van der Waals surface area (Å²) in [6, 6.07) is 14.4. The van der Waals surface area contributed by atoms with Gasteiger partial charge in [-0.3, -0.25) is 9.78 Å². The van der Waals surface area contributed by atoms with E-state index in [2.05, 4.69) is 23.6 Å². The van der Waals surface area contributed by atoms with Gasteiger partial charge in [0.2, 0.25) is 0 Å². The number of halogens is 1. The fourth-order valence-corrected chi connectivity index (χ4v) is 5.04. The summed E-state index contributed by atoms with van der Waals surface area (Å²) in [5.41, 5.74) is 2.94. The zero-order chi connectivity index (χ0) is 29.0. The minimum absolute atomic E-state index is 0.00656. The molecule has 2 aromatic carbocycles. The number of nitrogens with zero attached hydrogens (tertiary/aromatic N) is 1. The van der Waals surface area contributed by atoms with Gasteiger partial charge in [-0.1, -0.05) is 32.0 Å². The largest absolute Gasteiger partial charge is 0.598 e. The van der Waals surface area contributed by atoms with E-state index in [4.69, 9.17) is 9.15 Å². The fraction of sp³-hybridized carbons (Fsp3) is 0.355. The Morgan fingerprint density at radius 1 is 1.18 bits per heavy atom. The summed E-state index contributed by atoms with van der Waals surface area (Å²) < 4.78 is 43.0. The maximum absolute atomic E-state index is 15.9. The van der Waals surface area contributed by atoms with Crippen molar-refractivity contribution < 1.29 is 28.0 Å². The lowest BCUT2D eigenvalue weighted by atomic mass is 10.00. The summed E-state index contributed by atoms with van der Waals surface area (Å²) in [4.78, 5) is 15.5. The number of hydrogen-bond donors (Lipinski definition) is 2. The molecule has 0 spiro atoms. The van der Waals surface area contributed by atoms with Crippen LogP contribution in [0.4, 0.5) is 4.39 Å². The Morgan fingerprint density at radius 2 is 1.93 bits per heavy atom. The maximum atomic E-state index is 15.9. The summed E-state index contributed by atoms with van der Waals surface area (Å²) >= 11 is -1.38.